The van der Waals surface area contributed by atoms with Crippen molar-refractivity contribution in [2.75, 3.05) is 26.7 Å². The average Bonchev–Trinajstić information content (AvgIpc) is 3.01. The van der Waals surface area contributed by atoms with Crippen LogP contribution in [0.4, 0.5) is 4.79 Å². The molecule has 0 radical (unpaired) electrons. The molecule has 1 aromatic rings. The van der Waals surface area contributed by atoms with E-state index in [0.717, 1.165) is 17.7 Å². The van der Waals surface area contributed by atoms with Gasteiger partial charge in [0.25, 0.3) is 0 Å². The summed E-state index contributed by atoms with van der Waals surface area (Å²) in [5.41, 5.74) is 2.39. The zero-order valence-corrected chi connectivity index (χ0v) is 12.5. The Balaban J connectivity index is 1.63. The number of ether oxygens (including phenoxy) is 1. The molecule has 0 saturated carbocycles. The fourth-order valence-electron chi connectivity index (χ4n) is 2.76. The zero-order valence-electron chi connectivity index (χ0n) is 12.5. The van der Waals surface area contributed by atoms with Gasteiger partial charge in [-0.1, -0.05) is 18.2 Å². The fourth-order valence-corrected chi connectivity index (χ4v) is 2.76. The first-order valence-corrected chi connectivity index (χ1v) is 7.34. The number of benzene rings is 1. The zero-order chi connectivity index (χ0) is 15.5. The molecule has 2 aliphatic heterocycles. The highest BCUT2D eigenvalue weighted by molar-refractivity contribution is 5.90. The standard InChI is InChI=1S/C16H19N3O3/c1-22-13-4-2-11(3-5-13)12-6-8-19(9-7-12)15(20)14-10-17-16(21)18-14/h2-6,14H,7-10H2,1H3,(H2,17,18,21). The second-order valence-electron chi connectivity index (χ2n) is 5.40. The third kappa shape index (κ3) is 2.90. The molecule has 3 amide bonds. The van der Waals surface area contributed by atoms with Gasteiger partial charge in [0.05, 0.1) is 7.11 Å². The van der Waals surface area contributed by atoms with Crippen LogP contribution in [0.5, 0.6) is 5.75 Å². The van der Waals surface area contributed by atoms with Crippen molar-refractivity contribution in [1.29, 1.82) is 0 Å². The van der Waals surface area contributed by atoms with E-state index in [-0.39, 0.29) is 11.9 Å². The second kappa shape index (κ2) is 6.09. The molecule has 1 fully saturated rings. The highest BCUT2D eigenvalue weighted by Crippen LogP contribution is 2.24. The quantitative estimate of drug-likeness (QED) is 0.875. The molecule has 0 bridgehead atoms. The van der Waals surface area contributed by atoms with Gasteiger partial charge in [-0.25, -0.2) is 4.79 Å². The Morgan fingerprint density at radius 3 is 2.64 bits per heavy atom. The third-order valence-corrected chi connectivity index (χ3v) is 4.05. The molecule has 0 spiro atoms. The van der Waals surface area contributed by atoms with Crippen molar-refractivity contribution in [3.63, 3.8) is 0 Å². The Morgan fingerprint density at radius 1 is 1.32 bits per heavy atom. The number of nitrogens with one attached hydrogen (secondary N) is 2. The molecule has 6 heteroatoms. The van der Waals surface area contributed by atoms with Crippen LogP contribution in [0.2, 0.25) is 0 Å². The van der Waals surface area contributed by atoms with Gasteiger partial charge < -0.3 is 20.3 Å². The van der Waals surface area contributed by atoms with Crippen molar-refractivity contribution >= 4 is 17.5 Å². The van der Waals surface area contributed by atoms with Crippen molar-refractivity contribution in [3.05, 3.63) is 35.9 Å². The normalized spacial score (nSPS) is 21.0. The monoisotopic (exact) mass is 301 g/mol. The summed E-state index contributed by atoms with van der Waals surface area (Å²) in [6, 6.07) is 7.22. The highest BCUT2D eigenvalue weighted by atomic mass is 16.5. The van der Waals surface area contributed by atoms with E-state index in [4.69, 9.17) is 4.74 Å². The maximum Gasteiger partial charge on any atom is 0.315 e. The molecule has 2 N–H and O–H groups in total. The van der Waals surface area contributed by atoms with Gasteiger partial charge in [0, 0.05) is 19.6 Å². The molecule has 1 saturated heterocycles. The van der Waals surface area contributed by atoms with E-state index in [1.807, 2.05) is 24.3 Å². The molecule has 1 aromatic carbocycles. The predicted octanol–water partition coefficient (Wildman–Crippen LogP) is 0.992. The maximum absolute atomic E-state index is 12.3. The van der Waals surface area contributed by atoms with E-state index in [2.05, 4.69) is 16.7 Å². The molecule has 22 heavy (non-hydrogen) atoms. The Hall–Kier alpha value is -2.50. The molecule has 0 aromatic heterocycles. The van der Waals surface area contributed by atoms with Crippen LogP contribution >= 0.6 is 0 Å². The summed E-state index contributed by atoms with van der Waals surface area (Å²) in [5, 5.41) is 5.24. The summed E-state index contributed by atoms with van der Waals surface area (Å²) in [5.74, 6) is 0.810. The number of methoxy groups -OCH3 is 1. The second-order valence-corrected chi connectivity index (χ2v) is 5.40. The molecule has 6 nitrogen and oxygen atoms in total. The molecule has 0 aliphatic carbocycles. The van der Waals surface area contributed by atoms with Gasteiger partial charge in [-0.2, -0.15) is 0 Å². The van der Waals surface area contributed by atoms with Gasteiger partial charge in [-0.15, -0.1) is 0 Å². The lowest BCUT2D eigenvalue weighted by molar-refractivity contribution is -0.132. The minimum absolute atomic E-state index is 0.0246. The summed E-state index contributed by atoms with van der Waals surface area (Å²) >= 11 is 0. The molecule has 2 heterocycles. The smallest absolute Gasteiger partial charge is 0.315 e. The van der Waals surface area contributed by atoms with E-state index in [1.54, 1.807) is 12.0 Å². The SMILES string of the molecule is COc1ccc(C2=CCN(C(=O)C3CNC(=O)N3)CC2)cc1. The molecular weight excluding hydrogens is 282 g/mol. The van der Waals surface area contributed by atoms with Crippen molar-refractivity contribution < 1.29 is 14.3 Å². The van der Waals surface area contributed by atoms with Crippen molar-refractivity contribution in [1.82, 2.24) is 15.5 Å². The lowest BCUT2D eigenvalue weighted by Gasteiger charge is -2.28. The van der Waals surface area contributed by atoms with E-state index >= 15 is 0 Å². The maximum atomic E-state index is 12.3. The fraction of sp³-hybridized carbons (Fsp3) is 0.375. The van der Waals surface area contributed by atoms with Crippen LogP contribution in [0.3, 0.4) is 0 Å². The average molecular weight is 301 g/mol. The first-order valence-electron chi connectivity index (χ1n) is 7.34. The van der Waals surface area contributed by atoms with Crippen LogP contribution in [-0.2, 0) is 4.79 Å². The van der Waals surface area contributed by atoms with Crippen molar-refractivity contribution in [2.24, 2.45) is 0 Å². The third-order valence-electron chi connectivity index (χ3n) is 4.05. The number of carbonyl (C=O) groups is 2. The topological polar surface area (TPSA) is 70.7 Å². The van der Waals surface area contributed by atoms with E-state index < -0.39 is 6.04 Å². The summed E-state index contributed by atoms with van der Waals surface area (Å²) in [6.45, 7) is 1.61. The first kappa shape index (κ1) is 14.4. The van der Waals surface area contributed by atoms with Gasteiger partial charge in [-0.05, 0) is 29.7 Å². The molecule has 2 aliphatic rings. The van der Waals surface area contributed by atoms with Crippen LogP contribution in [-0.4, -0.2) is 49.6 Å². The van der Waals surface area contributed by atoms with E-state index in [0.29, 0.717) is 19.6 Å². The number of rotatable bonds is 3. The number of carbonyl (C=O) groups excluding carboxylic acids is 2. The number of hydrogen-bond donors (Lipinski definition) is 2. The first-order chi connectivity index (χ1) is 10.7. The molecule has 1 atom stereocenters. The van der Waals surface area contributed by atoms with Crippen LogP contribution in [0.15, 0.2) is 30.3 Å². The highest BCUT2D eigenvalue weighted by Gasteiger charge is 2.31. The molecule has 116 valence electrons. The minimum Gasteiger partial charge on any atom is -0.497 e. The van der Waals surface area contributed by atoms with Gasteiger partial charge in [0.1, 0.15) is 11.8 Å². The molecule has 1 unspecified atom stereocenters. The Kier molecular flexibility index (Phi) is 4.00. The number of urea groups is 1. The number of nitrogens with zero attached hydrogens (tertiary/aromatic N) is 1. The number of hydrogen-bond acceptors (Lipinski definition) is 3. The Morgan fingerprint density at radius 2 is 2.09 bits per heavy atom. The van der Waals surface area contributed by atoms with Crippen LogP contribution in [0.1, 0.15) is 12.0 Å². The van der Waals surface area contributed by atoms with Gasteiger partial charge in [0.15, 0.2) is 0 Å². The van der Waals surface area contributed by atoms with Crippen molar-refractivity contribution in [3.8, 4) is 5.75 Å². The summed E-state index contributed by atoms with van der Waals surface area (Å²) in [6.07, 6.45) is 2.89. The summed E-state index contributed by atoms with van der Waals surface area (Å²) in [7, 11) is 1.65. The number of amides is 3. The van der Waals surface area contributed by atoms with Crippen LogP contribution < -0.4 is 15.4 Å². The lowest BCUT2D eigenvalue weighted by atomic mass is 9.99. The minimum atomic E-state index is -0.441. The van der Waals surface area contributed by atoms with Gasteiger partial charge in [0.2, 0.25) is 5.91 Å². The summed E-state index contributed by atoms with van der Waals surface area (Å²) < 4.78 is 5.16. The predicted molar refractivity (Wildman–Crippen MR) is 82.5 cm³/mol. The van der Waals surface area contributed by atoms with Gasteiger partial charge in [-0.3, -0.25) is 4.79 Å². The van der Waals surface area contributed by atoms with Gasteiger partial charge >= 0.3 is 6.03 Å². The lowest BCUT2D eigenvalue weighted by Crippen LogP contribution is -2.47. The molecular formula is C16H19N3O3. The van der Waals surface area contributed by atoms with Crippen LogP contribution in [0.25, 0.3) is 5.57 Å². The Bertz CT molecular complexity index is 610. The van der Waals surface area contributed by atoms with E-state index in [9.17, 15) is 9.59 Å². The largest absolute Gasteiger partial charge is 0.497 e. The molecule has 3 rings (SSSR count). The van der Waals surface area contributed by atoms with Crippen LogP contribution in [0, 0.1) is 0 Å². The Labute approximate surface area is 129 Å². The van der Waals surface area contributed by atoms with E-state index in [1.165, 1.54) is 5.57 Å². The summed E-state index contributed by atoms with van der Waals surface area (Å²) in [4.78, 5) is 25.2. The van der Waals surface area contributed by atoms with Crippen molar-refractivity contribution in [2.45, 2.75) is 12.5 Å².